The lowest BCUT2D eigenvalue weighted by Gasteiger charge is -2.31. The largest absolute Gasteiger partial charge is 0.459 e. The number of piperidine rings is 1. The number of rotatable bonds is 5. The Hall–Kier alpha value is -2.64. The van der Waals surface area contributed by atoms with Crippen molar-refractivity contribution in [2.45, 2.75) is 26.2 Å². The average molecular weight is 444 g/mol. The second-order valence-electron chi connectivity index (χ2n) is 7.41. The molecule has 2 aromatic heterocycles. The number of carbonyl (C=O) groups excluding carboxylic acids is 2. The number of hydrogen-bond acceptors (Lipinski definition) is 5. The molecule has 4 rings (SSSR count). The number of aryl methyl sites for hydroxylation is 1. The van der Waals surface area contributed by atoms with Crippen LogP contribution in [0.2, 0.25) is 5.02 Å². The number of hydrogen-bond donors (Lipinski definition) is 1. The van der Waals surface area contributed by atoms with Gasteiger partial charge in [0.2, 0.25) is 5.91 Å². The van der Waals surface area contributed by atoms with E-state index in [4.69, 9.17) is 16.0 Å². The van der Waals surface area contributed by atoms with E-state index in [1.165, 1.54) is 17.6 Å². The van der Waals surface area contributed by atoms with Crippen molar-refractivity contribution in [2.24, 2.45) is 5.92 Å². The van der Waals surface area contributed by atoms with Crippen LogP contribution in [0.25, 0.3) is 0 Å². The highest BCUT2D eigenvalue weighted by atomic mass is 35.5. The van der Waals surface area contributed by atoms with Crippen molar-refractivity contribution in [3.8, 4) is 0 Å². The molecule has 8 heteroatoms. The summed E-state index contributed by atoms with van der Waals surface area (Å²) in [6.45, 7) is 2.98. The van der Waals surface area contributed by atoms with Crippen LogP contribution in [-0.2, 0) is 11.2 Å². The first kappa shape index (κ1) is 20.6. The minimum atomic E-state index is -0.267. The topological polar surface area (TPSA) is 75.4 Å². The van der Waals surface area contributed by atoms with Crippen LogP contribution >= 0.6 is 22.9 Å². The van der Waals surface area contributed by atoms with Gasteiger partial charge in [-0.25, -0.2) is 4.98 Å². The summed E-state index contributed by atoms with van der Waals surface area (Å²) in [4.78, 5) is 32.3. The van der Waals surface area contributed by atoms with Crippen molar-refractivity contribution < 1.29 is 14.0 Å². The summed E-state index contributed by atoms with van der Waals surface area (Å²) in [6, 6.07) is 9.29. The lowest BCUT2D eigenvalue weighted by Crippen LogP contribution is -2.43. The molecule has 2 amide bonds. The van der Waals surface area contributed by atoms with Gasteiger partial charge in [-0.05, 0) is 43.0 Å². The molecule has 1 aromatic carbocycles. The quantitative estimate of drug-likeness (QED) is 0.615. The van der Waals surface area contributed by atoms with Crippen LogP contribution < -0.4 is 5.32 Å². The third-order valence-electron chi connectivity index (χ3n) is 5.23. The molecule has 3 aromatic rings. The Kier molecular flexibility index (Phi) is 6.20. The average Bonchev–Trinajstić information content (AvgIpc) is 3.43. The number of anilines is 1. The van der Waals surface area contributed by atoms with Crippen molar-refractivity contribution in [1.29, 1.82) is 0 Å². The molecule has 1 N–H and O–H groups in total. The van der Waals surface area contributed by atoms with E-state index in [-0.39, 0.29) is 17.7 Å². The Bertz CT molecular complexity index is 1050. The van der Waals surface area contributed by atoms with Crippen molar-refractivity contribution in [3.05, 3.63) is 69.6 Å². The fraction of sp³-hybridized carbons (Fsp3) is 0.318. The zero-order valence-corrected chi connectivity index (χ0v) is 18.1. The molecule has 0 radical (unpaired) electrons. The molecule has 156 valence electrons. The van der Waals surface area contributed by atoms with Crippen molar-refractivity contribution in [2.75, 3.05) is 18.4 Å². The minimum absolute atomic E-state index is 0.110. The number of nitrogens with zero attached hydrogens (tertiary/aromatic N) is 2. The van der Waals surface area contributed by atoms with Gasteiger partial charge in [-0.1, -0.05) is 29.8 Å². The highest BCUT2D eigenvalue weighted by molar-refractivity contribution is 7.15. The van der Waals surface area contributed by atoms with Gasteiger partial charge in [-0.15, -0.1) is 11.3 Å². The Balaban J connectivity index is 1.37. The number of amides is 2. The summed E-state index contributed by atoms with van der Waals surface area (Å²) in [5.74, 6) is -0.253. The molecular formula is C22H22ClN3O3S. The third-order valence-corrected chi connectivity index (χ3v) is 6.69. The third kappa shape index (κ3) is 4.57. The van der Waals surface area contributed by atoms with E-state index in [1.54, 1.807) is 23.2 Å². The Morgan fingerprint density at radius 2 is 2.20 bits per heavy atom. The molecule has 0 aliphatic carbocycles. The second-order valence-corrected chi connectivity index (χ2v) is 8.91. The van der Waals surface area contributed by atoms with Crippen LogP contribution in [0.4, 0.5) is 5.13 Å². The molecule has 0 saturated carbocycles. The molecule has 1 saturated heterocycles. The molecule has 3 heterocycles. The Morgan fingerprint density at radius 3 is 3.00 bits per heavy atom. The lowest BCUT2D eigenvalue weighted by molar-refractivity contribution is -0.121. The highest BCUT2D eigenvalue weighted by Gasteiger charge is 2.30. The van der Waals surface area contributed by atoms with Gasteiger partial charge in [-0.2, -0.15) is 0 Å². The van der Waals surface area contributed by atoms with Gasteiger partial charge in [0.05, 0.1) is 12.2 Å². The summed E-state index contributed by atoms with van der Waals surface area (Å²) in [7, 11) is 0. The number of aromatic nitrogens is 1. The first-order chi connectivity index (χ1) is 14.5. The predicted octanol–water partition coefficient (Wildman–Crippen LogP) is 4.78. The van der Waals surface area contributed by atoms with Crippen LogP contribution in [0, 0.1) is 12.8 Å². The normalized spacial score (nSPS) is 16.5. The van der Waals surface area contributed by atoms with E-state index in [1.807, 2.05) is 25.1 Å². The number of furan rings is 1. The van der Waals surface area contributed by atoms with Crippen molar-refractivity contribution in [3.63, 3.8) is 0 Å². The van der Waals surface area contributed by atoms with Gasteiger partial charge < -0.3 is 14.6 Å². The lowest BCUT2D eigenvalue weighted by atomic mass is 9.97. The maximum Gasteiger partial charge on any atom is 0.289 e. The van der Waals surface area contributed by atoms with Crippen molar-refractivity contribution in [1.82, 2.24) is 9.88 Å². The van der Waals surface area contributed by atoms with Crippen LogP contribution in [0.5, 0.6) is 0 Å². The van der Waals surface area contributed by atoms with Gasteiger partial charge in [0.25, 0.3) is 5.91 Å². The zero-order chi connectivity index (χ0) is 21.1. The second kappa shape index (κ2) is 9.02. The molecule has 1 aliphatic heterocycles. The number of thiazole rings is 1. The fourth-order valence-corrected chi connectivity index (χ4v) is 4.65. The molecule has 1 fully saturated rings. The van der Waals surface area contributed by atoms with E-state index in [9.17, 15) is 9.59 Å². The maximum absolute atomic E-state index is 12.8. The minimum Gasteiger partial charge on any atom is -0.459 e. The fourth-order valence-electron chi connectivity index (χ4n) is 3.62. The van der Waals surface area contributed by atoms with Crippen LogP contribution in [0.3, 0.4) is 0 Å². The summed E-state index contributed by atoms with van der Waals surface area (Å²) in [5, 5.41) is 4.24. The number of carbonyl (C=O) groups is 2. The smallest absolute Gasteiger partial charge is 0.289 e. The Labute approximate surface area is 183 Å². The zero-order valence-electron chi connectivity index (χ0n) is 16.6. The molecule has 30 heavy (non-hydrogen) atoms. The van der Waals surface area contributed by atoms with Crippen LogP contribution in [-0.4, -0.2) is 34.8 Å². The number of halogens is 1. The van der Waals surface area contributed by atoms with E-state index < -0.39 is 0 Å². The van der Waals surface area contributed by atoms with E-state index in [2.05, 4.69) is 10.3 Å². The highest BCUT2D eigenvalue weighted by Crippen LogP contribution is 2.27. The van der Waals surface area contributed by atoms with Crippen LogP contribution in [0.15, 0.2) is 47.2 Å². The van der Waals surface area contributed by atoms with E-state index in [0.717, 1.165) is 33.9 Å². The summed E-state index contributed by atoms with van der Waals surface area (Å²) < 4.78 is 5.20. The summed E-state index contributed by atoms with van der Waals surface area (Å²) in [5.41, 5.74) is 2.08. The van der Waals surface area contributed by atoms with Gasteiger partial charge in [0.15, 0.2) is 10.9 Å². The maximum atomic E-state index is 12.8. The molecule has 6 nitrogen and oxygen atoms in total. The first-order valence-corrected chi connectivity index (χ1v) is 11.0. The predicted molar refractivity (Wildman–Crippen MR) is 117 cm³/mol. The standard InChI is InChI=1S/C22H22ClN3O3S/c1-14-5-2-6-15(19(14)23)11-17-12-24-22(30-17)25-20(27)16-7-3-9-26(13-16)21(28)18-8-4-10-29-18/h2,4-6,8,10,12,16H,3,7,9,11,13H2,1H3,(H,24,25,27)/t16-/m0/s1. The molecular weight excluding hydrogens is 422 g/mol. The van der Waals surface area contributed by atoms with Gasteiger partial charge in [-0.3, -0.25) is 9.59 Å². The Morgan fingerprint density at radius 1 is 1.33 bits per heavy atom. The van der Waals surface area contributed by atoms with Gasteiger partial charge >= 0.3 is 0 Å². The van der Waals surface area contributed by atoms with Crippen molar-refractivity contribution >= 4 is 39.9 Å². The van der Waals surface area contributed by atoms with Crippen LogP contribution in [0.1, 0.15) is 39.4 Å². The molecule has 0 unspecified atom stereocenters. The van der Waals surface area contributed by atoms with E-state index in [0.29, 0.717) is 30.4 Å². The SMILES string of the molecule is Cc1cccc(Cc2cnc(NC(=O)[C@H]3CCCN(C(=O)c4ccco4)C3)s2)c1Cl. The number of likely N-dealkylation sites (tertiary alicyclic amines) is 1. The molecule has 1 atom stereocenters. The van der Waals surface area contributed by atoms with Gasteiger partial charge in [0.1, 0.15) is 0 Å². The molecule has 0 bridgehead atoms. The van der Waals surface area contributed by atoms with E-state index >= 15 is 0 Å². The number of benzene rings is 1. The summed E-state index contributed by atoms with van der Waals surface area (Å²) >= 11 is 7.83. The monoisotopic (exact) mass is 443 g/mol. The van der Waals surface area contributed by atoms with Gasteiger partial charge in [0, 0.05) is 35.6 Å². The first-order valence-electron chi connectivity index (χ1n) is 9.83. The molecule has 0 spiro atoms. The number of nitrogens with one attached hydrogen (secondary N) is 1. The summed E-state index contributed by atoms with van der Waals surface area (Å²) in [6.07, 6.45) is 5.44. The molecule has 1 aliphatic rings.